The summed E-state index contributed by atoms with van der Waals surface area (Å²) < 4.78 is 29.7. The molecule has 11 heteroatoms. The number of fused-ring (bicyclic) bond motifs is 1. The summed E-state index contributed by atoms with van der Waals surface area (Å²) in [7, 11) is -3.55. The van der Waals surface area contributed by atoms with Gasteiger partial charge in [-0.25, -0.2) is 18.1 Å². The van der Waals surface area contributed by atoms with E-state index in [1.54, 1.807) is 30.6 Å². The highest BCUT2D eigenvalue weighted by Gasteiger charge is 2.21. The maximum atomic E-state index is 12.6. The maximum Gasteiger partial charge on any atom is 0.240 e. The molecule has 0 aliphatic heterocycles. The predicted octanol–water partition coefficient (Wildman–Crippen LogP) is 3.63. The van der Waals surface area contributed by atoms with Gasteiger partial charge in [0.2, 0.25) is 16.0 Å². The minimum absolute atomic E-state index is 0.203. The highest BCUT2D eigenvalue weighted by Crippen LogP contribution is 2.27. The van der Waals surface area contributed by atoms with Crippen molar-refractivity contribution < 1.29 is 13.5 Å². The molecule has 10 nitrogen and oxygen atoms in total. The first-order valence-electron chi connectivity index (χ1n) is 12.3. The molecule has 0 saturated heterocycles. The van der Waals surface area contributed by atoms with E-state index in [1.165, 1.54) is 0 Å². The molecule has 4 N–H and O–H groups in total. The van der Waals surface area contributed by atoms with E-state index >= 15 is 0 Å². The van der Waals surface area contributed by atoms with Crippen molar-refractivity contribution >= 4 is 38.6 Å². The topological polar surface area (TPSA) is 134 Å². The Hall–Kier alpha value is -2.76. The van der Waals surface area contributed by atoms with Crippen LogP contribution in [0.3, 0.4) is 0 Å². The molecule has 0 amide bonds. The number of benzene rings is 1. The van der Waals surface area contributed by atoms with Crippen LogP contribution in [0.2, 0.25) is 0 Å². The van der Waals surface area contributed by atoms with Crippen LogP contribution in [-0.4, -0.2) is 51.7 Å². The molecule has 1 saturated carbocycles. The first-order chi connectivity index (χ1) is 16.7. The van der Waals surface area contributed by atoms with Gasteiger partial charge in [0.1, 0.15) is 0 Å². The van der Waals surface area contributed by atoms with Crippen molar-refractivity contribution in [1.82, 2.24) is 24.2 Å². The molecule has 1 aliphatic rings. The predicted molar refractivity (Wildman–Crippen MR) is 137 cm³/mol. The van der Waals surface area contributed by atoms with E-state index in [2.05, 4.69) is 39.2 Å². The van der Waals surface area contributed by atoms with Crippen molar-refractivity contribution in [3.63, 3.8) is 0 Å². The summed E-state index contributed by atoms with van der Waals surface area (Å²) in [4.78, 5) is 14.1. The van der Waals surface area contributed by atoms with Gasteiger partial charge in [-0.2, -0.15) is 9.97 Å². The van der Waals surface area contributed by atoms with Gasteiger partial charge in [0.25, 0.3) is 0 Å². The number of aromatic nitrogens is 4. The lowest BCUT2D eigenvalue weighted by atomic mass is 9.93. The molecular weight excluding hydrogens is 466 g/mol. The van der Waals surface area contributed by atoms with Gasteiger partial charge in [-0.3, -0.25) is 0 Å². The smallest absolute Gasteiger partial charge is 0.240 e. The first-order valence-corrected chi connectivity index (χ1v) is 13.8. The van der Waals surface area contributed by atoms with E-state index in [-0.39, 0.29) is 17.0 Å². The molecule has 1 aromatic carbocycles. The number of aliphatic hydroxyl groups excluding tert-OH is 1. The van der Waals surface area contributed by atoms with Crippen LogP contribution in [0.25, 0.3) is 11.2 Å². The zero-order chi connectivity index (χ0) is 25.0. The third-order valence-electron chi connectivity index (χ3n) is 6.28. The Morgan fingerprint density at radius 2 is 1.83 bits per heavy atom. The van der Waals surface area contributed by atoms with Crippen molar-refractivity contribution in [2.75, 3.05) is 17.2 Å². The Morgan fingerprint density at radius 3 is 2.49 bits per heavy atom. The second-order valence-electron chi connectivity index (χ2n) is 9.48. The SMILES string of the molecule is CCn1cnc2c(Nc3ccc(S(=O)(=O)NCCC(C)C)cc3)nc(N[C@H]3CC[C@H](O)CC3)nc21. The lowest BCUT2D eigenvalue weighted by molar-refractivity contribution is 0.126. The largest absolute Gasteiger partial charge is 0.393 e. The highest BCUT2D eigenvalue weighted by atomic mass is 32.2. The molecule has 0 atom stereocenters. The normalized spacial score (nSPS) is 18.8. The molecular formula is C24H35N7O3S. The number of aliphatic hydroxyl groups is 1. The molecule has 190 valence electrons. The van der Waals surface area contributed by atoms with Gasteiger partial charge in [-0.1, -0.05) is 13.8 Å². The van der Waals surface area contributed by atoms with E-state index in [0.717, 1.165) is 44.3 Å². The van der Waals surface area contributed by atoms with Crippen LogP contribution in [0.5, 0.6) is 0 Å². The molecule has 3 aromatic rings. The number of hydrogen-bond acceptors (Lipinski definition) is 8. The molecule has 1 aliphatic carbocycles. The first kappa shape index (κ1) is 25.3. The molecule has 35 heavy (non-hydrogen) atoms. The minimum Gasteiger partial charge on any atom is -0.393 e. The Bertz CT molecular complexity index is 1230. The van der Waals surface area contributed by atoms with Gasteiger partial charge in [0.15, 0.2) is 17.0 Å². The van der Waals surface area contributed by atoms with Crippen LogP contribution in [0.4, 0.5) is 17.5 Å². The van der Waals surface area contributed by atoms with E-state index in [1.807, 2.05) is 11.5 Å². The van der Waals surface area contributed by atoms with Crippen LogP contribution in [0.1, 0.15) is 52.9 Å². The summed E-state index contributed by atoms with van der Waals surface area (Å²) in [6.07, 6.45) is 5.54. The maximum absolute atomic E-state index is 12.6. The minimum atomic E-state index is -3.55. The standard InChI is InChI=1S/C24H35N7O3S/c1-4-31-15-25-21-22(29-24(30-23(21)31)28-18-5-9-19(32)10-6-18)27-17-7-11-20(12-8-17)35(33,34)26-14-13-16(2)3/h7-8,11-12,15-16,18-19,26,32H,4-6,9-10,13-14H2,1-3H3,(H2,27,28,29,30)/t18-,19-. The second kappa shape index (κ2) is 10.9. The van der Waals surface area contributed by atoms with Gasteiger partial charge in [0, 0.05) is 24.8 Å². The Labute approximate surface area is 206 Å². The average Bonchev–Trinajstić information content (AvgIpc) is 3.24. The summed E-state index contributed by atoms with van der Waals surface area (Å²) >= 11 is 0. The Balaban J connectivity index is 1.54. The number of imidazole rings is 1. The Kier molecular flexibility index (Phi) is 7.88. The quantitative estimate of drug-likeness (QED) is 0.331. The van der Waals surface area contributed by atoms with Crippen molar-refractivity contribution in [2.24, 2.45) is 5.92 Å². The van der Waals surface area contributed by atoms with Gasteiger partial charge in [-0.05, 0) is 69.2 Å². The van der Waals surface area contributed by atoms with E-state index < -0.39 is 10.0 Å². The summed E-state index contributed by atoms with van der Waals surface area (Å²) in [5.41, 5.74) is 2.06. The van der Waals surface area contributed by atoms with Crippen LogP contribution in [0, 0.1) is 5.92 Å². The number of nitrogens with one attached hydrogen (secondary N) is 3. The van der Waals surface area contributed by atoms with Crippen molar-refractivity contribution in [3.05, 3.63) is 30.6 Å². The molecule has 2 aromatic heterocycles. The third kappa shape index (κ3) is 6.28. The van der Waals surface area contributed by atoms with Gasteiger partial charge in [0.05, 0.1) is 17.3 Å². The van der Waals surface area contributed by atoms with Gasteiger partial charge in [-0.15, -0.1) is 0 Å². The fraction of sp³-hybridized carbons (Fsp3) is 0.542. The van der Waals surface area contributed by atoms with Crippen LogP contribution in [-0.2, 0) is 16.6 Å². The molecule has 0 radical (unpaired) electrons. The number of hydrogen-bond donors (Lipinski definition) is 4. The number of sulfonamides is 1. The number of rotatable bonds is 10. The lowest BCUT2D eigenvalue weighted by Crippen LogP contribution is -2.29. The third-order valence-corrected chi connectivity index (χ3v) is 7.75. The summed E-state index contributed by atoms with van der Waals surface area (Å²) in [6, 6.07) is 6.80. The number of aryl methyl sites for hydroxylation is 1. The summed E-state index contributed by atoms with van der Waals surface area (Å²) in [5, 5.41) is 16.5. The Morgan fingerprint density at radius 1 is 1.11 bits per heavy atom. The van der Waals surface area contributed by atoms with Crippen LogP contribution in [0.15, 0.2) is 35.5 Å². The number of nitrogens with zero attached hydrogens (tertiary/aromatic N) is 4. The van der Waals surface area contributed by atoms with Crippen LogP contribution < -0.4 is 15.4 Å². The summed E-state index contributed by atoms with van der Waals surface area (Å²) in [6.45, 7) is 7.28. The van der Waals surface area contributed by atoms with Crippen molar-refractivity contribution in [3.8, 4) is 0 Å². The fourth-order valence-corrected chi connectivity index (χ4v) is 5.20. The van der Waals surface area contributed by atoms with Crippen LogP contribution >= 0.6 is 0 Å². The monoisotopic (exact) mass is 501 g/mol. The molecule has 0 bridgehead atoms. The molecule has 1 fully saturated rings. The average molecular weight is 502 g/mol. The molecule has 4 rings (SSSR count). The van der Waals surface area contributed by atoms with Gasteiger partial charge >= 0.3 is 0 Å². The zero-order valence-corrected chi connectivity index (χ0v) is 21.3. The highest BCUT2D eigenvalue weighted by molar-refractivity contribution is 7.89. The second-order valence-corrected chi connectivity index (χ2v) is 11.2. The fourth-order valence-electron chi connectivity index (χ4n) is 4.15. The molecule has 0 unspecified atom stereocenters. The van der Waals surface area contributed by atoms with E-state index in [4.69, 9.17) is 4.98 Å². The van der Waals surface area contributed by atoms with E-state index in [0.29, 0.717) is 35.4 Å². The van der Waals surface area contributed by atoms with Crippen molar-refractivity contribution in [1.29, 1.82) is 0 Å². The van der Waals surface area contributed by atoms with E-state index in [9.17, 15) is 13.5 Å². The lowest BCUT2D eigenvalue weighted by Gasteiger charge is -2.26. The molecule has 0 spiro atoms. The number of anilines is 3. The zero-order valence-electron chi connectivity index (χ0n) is 20.5. The van der Waals surface area contributed by atoms with Crippen molar-refractivity contribution in [2.45, 2.75) is 76.5 Å². The summed E-state index contributed by atoms with van der Waals surface area (Å²) in [5.74, 6) is 1.48. The van der Waals surface area contributed by atoms with Gasteiger partial charge < -0.3 is 20.3 Å². The molecule has 2 heterocycles.